The number of rotatable bonds is 0. The van der Waals surface area contributed by atoms with Crippen molar-refractivity contribution in [2.24, 2.45) is 0 Å². The number of pyridine rings is 2. The van der Waals surface area contributed by atoms with Crippen LogP contribution in [0.15, 0.2) is 40.1 Å². The predicted octanol–water partition coefficient (Wildman–Crippen LogP) is 3.15. The van der Waals surface area contributed by atoms with Crippen LogP contribution in [0.3, 0.4) is 0 Å². The normalized spacial score (nSPS) is 12.9. The fourth-order valence-electron chi connectivity index (χ4n) is 3.63. The monoisotopic (exact) mass is 458 g/mol. The standard InChI is InChI=1S/C21H13ClF2N4O4/c1-9-17-14(4-5-25-9)31-6-7-32-18-13(24)3-2-12(23)15(18)16-11(22)8-10-19(26-16)28(17)21(30)27-20(10)29/h2-5,8H,6-7H2,1H3,(H,27,29,30). The number of H-pyrrole nitrogens is 1. The molecule has 0 aliphatic carbocycles. The number of hydrogen-bond acceptors (Lipinski definition) is 6. The van der Waals surface area contributed by atoms with Crippen LogP contribution in [-0.2, 0) is 0 Å². The molecule has 1 aromatic carbocycles. The number of nitrogens with one attached hydrogen (secondary N) is 1. The molecule has 1 aliphatic rings. The van der Waals surface area contributed by atoms with Crippen molar-refractivity contribution in [2.45, 2.75) is 6.92 Å². The third-order valence-corrected chi connectivity index (χ3v) is 5.30. The molecule has 11 heteroatoms. The van der Waals surface area contributed by atoms with Gasteiger partial charge in [0.05, 0.1) is 27.4 Å². The van der Waals surface area contributed by atoms with Crippen LogP contribution in [0.4, 0.5) is 8.78 Å². The lowest BCUT2D eigenvalue weighted by molar-refractivity contribution is 0.211. The second kappa shape index (κ2) is 7.41. The second-order valence-corrected chi connectivity index (χ2v) is 7.37. The van der Waals surface area contributed by atoms with Gasteiger partial charge in [-0.15, -0.1) is 0 Å². The molecule has 4 aromatic rings. The summed E-state index contributed by atoms with van der Waals surface area (Å²) in [7, 11) is 0. The maximum absolute atomic E-state index is 14.9. The van der Waals surface area contributed by atoms with Crippen LogP contribution < -0.4 is 20.7 Å². The van der Waals surface area contributed by atoms with E-state index in [-0.39, 0.29) is 52.0 Å². The summed E-state index contributed by atoms with van der Waals surface area (Å²) in [6.45, 7) is 1.46. The van der Waals surface area contributed by atoms with Crippen molar-refractivity contribution in [3.8, 4) is 28.4 Å². The molecule has 1 aliphatic heterocycles. The summed E-state index contributed by atoms with van der Waals surface area (Å²) >= 11 is 6.34. The van der Waals surface area contributed by atoms with E-state index in [0.29, 0.717) is 5.69 Å². The van der Waals surface area contributed by atoms with Crippen molar-refractivity contribution in [1.29, 1.82) is 0 Å². The Bertz CT molecular complexity index is 1530. The first kappa shape index (κ1) is 20.1. The van der Waals surface area contributed by atoms with E-state index in [9.17, 15) is 18.4 Å². The minimum Gasteiger partial charge on any atom is -0.488 e. The molecule has 0 unspecified atom stereocenters. The Morgan fingerprint density at radius 1 is 1.12 bits per heavy atom. The highest BCUT2D eigenvalue weighted by molar-refractivity contribution is 6.33. The summed E-state index contributed by atoms with van der Waals surface area (Å²) in [4.78, 5) is 36.2. The maximum atomic E-state index is 14.9. The molecule has 0 spiro atoms. The van der Waals surface area contributed by atoms with Gasteiger partial charge < -0.3 is 9.47 Å². The second-order valence-electron chi connectivity index (χ2n) is 6.96. The van der Waals surface area contributed by atoms with Crippen molar-refractivity contribution >= 4 is 22.6 Å². The van der Waals surface area contributed by atoms with Gasteiger partial charge in [-0.05, 0) is 25.1 Å². The summed E-state index contributed by atoms with van der Waals surface area (Å²) in [5, 5.41) is -0.164. The van der Waals surface area contributed by atoms with Crippen molar-refractivity contribution in [2.75, 3.05) is 13.2 Å². The first-order valence-corrected chi connectivity index (χ1v) is 9.80. The Morgan fingerprint density at radius 3 is 2.69 bits per heavy atom. The minimum absolute atomic E-state index is 0.0381. The largest absolute Gasteiger partial charge is 0.488 e. The van der Waals surface area contributed by atoms with Crippen molar-refractivity contribution in [1.82, 2.24) is 19.5 Å². The highest BCUT2D eigenvalue weighted by Crippen LogP contribution is 2.39. The molecule has 0 atom stereocenters. The number of fused-ring (bicyclic) bond motifs is 5. The number of ether oxygens (including phenoxy) is 2. The molecule has 2 bridgehead atoms. The quantitative estimate of drug-likeness (QED) is 0.434. The van der Waals surface area contributed by atoms with Crippen LogP contribution in [0, 0.1) is 18.6 Å². The molecule has 0 saturated carbocycles. The topological polar surface area (TPSA) is 99.1 Å². The lowest BCUT2D eigenvalue weighted by atomic mass is 10.1. The van der Waals surface area contributed by atoms with Gasteiger partial charge in [-0.25, -0.2) is 23.1 Å². The number of aromatic amines is 1. The molecule has 0 amide bonds. The SMILES string of the molecule is Cc1nccc2c1-n1c(=O)[nH]c(=O)c3cc(Cl)c(nc31)-c1c(F)ccc(F)c1OCCO2. The Balaban J connectivity index is 2.00. The summed E-state index contributed by atoms with van der Waals surface area (Å²) in [6.07, 6.45) is 1.49. The summed E-state index contributed by atoms with van der Waals surface area (Å²) in [5.74, 6) is -1.83. The smallest absolute Gasteiger partial charge is 0.334 e. The third kappa shape index (κ3) is 3.02. The molecule has 32 heavy (non-hydrogen) atoms. The minimum atomic E-state index is -0.842. The molecule has 3 aromatic heterocycles. The molecule has 1 N–H and O–H groups in total. The number of aryl methyl sites for hydroxylation is 1. The van der Waals surface area contributed by atoms with Gasteiger partial charge >= 0.3 is 5.69 Å². The molecule has 0 fully saturated rings. The van der Waals surface area contributed by atoms with Crippen LogP contribution in [0.25, 0.3) is 28.0 Å². The van der Waals surface area contributed by atoms with E-state index < -0.39 is 28.6 Å². The number of aromatic nitrogens is 4. The van der Waals surface area contributed by atoms with Crippen LogP contribution in [0.1, 0.15) is 5.69 Å². The van der Waals surface area contributed by atoms with E-state index in [1.807, 2.05) is 0 Å². The van der Waals surface area contributed by atoms with Crippen molar-refractivity contribution < 1.29 is 18.3 Å². The summed E-state index contributed by atoms with van der Waals surface area (Å²) in [5.41, 5.74) is -1.55. The van der Waals surface area contributed by atoms with Crippen molar-refractivity contribution in [3.63, 3.8) is 0 Å². The number of hydrogen-bond donors (Lipinski definition) is 1. The van der Waals surface area contributed by atoms with Crippen LogP contribution in [0.2, 0.25) is 5.02 Å². The van der Waals surface area contributed by atoms with Crippen LogP contribution in [0.5, 0.6) is 11.5 Å². The molecule has 5 rings (SSSR count). The number of nitrogens with zero attached hydrogens (tertiary/aromatic N) is 3. The van der Waals surface area contributed by atoms with Crippen LogP contribution in [-0.4, -0.2) is 32.7 Å². The van der Waals surface area contributed by atoms with E-state index in [2.05, 4.69) is 15.0 Å². The van der Waals surface area contributed by atoms with Gasteiger partial charge in [-0.2, -0.15) is 0 Å². The first-order chi connectivity index (χ1) is 15.4. The molecular weight excluding hydrogens is 446 g/mol. The summed E-state index contributed by atoms with van der Waals surface area (Å²) in [6, 6.07) is 4.60. The van der Waals surface area contributed by atoms with Crippen LogP contribution >= 0.6 is 11.6 Å². The molecule has 0 saturated heterocycles. The Hall–Kier alpha value is -3.79. The zero-order valence-electron chi connectivity index (χ0n) is 16.4. The van der Waals surface area contributed by atoms with Gasteiger partial charge in [0.25, 0.3) is 5.56 Å². The van der Waals surface area contributed by atoms with E-state index in [1.54, 1.807) is 6.92 Å². The maximum Gasteiger partial charge on any atom is 0.334 e. The Morgan fingerprint density at radius 2 is 1.88 bits per heavy atom. The summed E-state index contributed by atoms with van der Waals surface area (Å²) < 4.78 is 41.8. The van der Waals surface area contributed by atoms with Crippen molar-refractivity contribution in [3.05, 3.63) is 73.7 Å². The van der Waals surface area contributed by atoms with Gasteiger partial charge in [-0.1, -0.05) is 11.6 Å². The highest BCUT2D eigenvalue weighted by Gasteiger charge is 2.25. The molecule has 4 heterocycles. The lowest BCUT2D eigenvalue weighted by Gasteiger charge is -2.19. The lowest BCUT2D eigenvalue weighted by Crippen LogP contribution is -2.31. The first-order valence-electron chi connectivity index (χ1n) is 9.42. The van der Waals surface area contributed by atoms with Gasteiger partial charge in [0.2, 0.25) is 0 Å². The van der Waals surface area contributed by atoms with Gasteiger partial charge in [-0.3, -0.25) is 14.8 Å². The van der Waals surface area contributed by atoms with E-state index in [4.69, 9.17) is 21.1 Å². The van der Waals surface area contributed by atoms with E-state index in [0.717, 1.165) is 16.7 Å². The van der Waals surface area contributed by atoms with Gasteiger partial charge in [0.1, 0.15) is 30.5 Å². The molecule has 8 nitrogen and oxygen atoms in total. The van der Waals surface area contributed by atoms with E-state index >= 15 is 0 Å². The van der Waals surface area contributed by atoms with Gasteiger partial charge in [0, 0.05) is 12.3 Å². The Kier molecular flexibility index (Phi) is 4.66. The fraction of sp³-hybridized carbons (Fsp3) is 0.143. The zero-order valence-corrected chi connectivity index (χ0v) is 17.2. The Labute approximate surface area is 183 Å². The molecule has 0 radical (unpaired) electrons. The predicted molar refractivity (Wildman–Crippen MR) is 112 cm³/mol. The zero-order chi connectivity index (χ0) is 22.6. The average Bonchev–Trinajstić information content (AvgIpc) is 2.74. The molecule has 162 valence electrons. The number of benzene rings is 1. The third-order valence-electron chi connectivity index (χ3n) is 5.01. The average molecular weight is 459 g/mol. The highest BCUT2D eigenvalue weighted by atomic mass is 35.5. The number of halogens is 3. The van der Waals surface area contributed by atoms with Gasteiger partial charge in [0.15, 0.2) is 17.2 Å². The molecular formula is C21H13ClF2N4O4. The fourth-order valence-corrected chi connectivity index (χ4v) is 3.88. The van der Waals surface area contributed by atoms with E-state index in [1.165, 1.54) is 18.3 Å².